The monoisotopic (exact) mass is 446 g/mol. The summed E-state index contributed by atoms with van der Waals surface area (Å²) in [7, 11) is 1.91. The molecule has 9 heteroatoms. The Morgan fingerprint density at radius 3 is 2.67 bits per heavy atom. The van der Waals surface area contributed by atoms with E-state index in [1.165, 1.54) is 29.2 Å². The van der Waals surface area contributed by atoms with Gasteiger partial charge in [-0.2, -0.15) is 0 Å². The third kappa shape index (κ3) is 5.34. The van der Waals surface area contributed by atoms with Gasteiger partial charge in [-0.3, -0.25) is 4.79 Å². The van der Waals surface area contributed by atoms with Crippen molar-refractivity contribution in [2.75, 3.05) is 18.5 Å². The highest BCUT2D eigenvalue weighted by molar-refractivity contribution is 8.02. The summed E-state index contributed by atoms with van der Waals surface area (Å²) in [5, 5.41) is 19.6. The average Bonchev–Trinajstić information content (AvgIpc) is 3.13. The van der Waals surface area contributed by atoms with E-state index in [1.54, 1.807) is 26.0 Å². The number of hydrogen-bond acceptors (Lipinski definition) is 7. The van der Waals surface area contributed by atoms with Crippen molar-refractivity contribution in [3.05, 3.63) is 52.8 Å². The van der Waals surface area contributed by atoms with Gasteiger partial charge in [0.1, 0.15) is 10.6 Å². The third-order valence-corrected chi connectivity index (χ3v) is 6.71. The Balaban J connectivity index is 1.60. The van der Waals surface area contributed by atoms with Crippen molar-refractivity contribution >= 4 is 34.9 Å². The zero-order valence-corrected chi connectivity index (χ0v) is 18.9. The summed E-state index contributed by atoms with van der Waals surface area (Å²) < 4.78 is 14.0. The van der Waals surface area contributed by atoms with Crippen molar-refractivity contribution in [1.82, 2.24) is 15.2 Å². The number of aliphatic carboxylic acids is 1. The summed E-state index contributed by atoms with van der Waals surface area (Å²) in [4.78, 5) is 17.7. The van der Waals surface area contributed by atoms with Crippen LogP contribution in [0.4, 0.5) is 10.2 Å². The van der Waals surface area contributed by atoms with Crippen LogP contribution in [0, 0.1) is 12.7 Å². The minimum Gasteiger partial charge on any atom is -0.480 e. The number of rotatable bonds is 8. The Morgan fingerprint density at radius 2 is 2.03 bits per heavy atom. The fraction of sp³-hybridized carbons (Fsp3) is 0.333. The number of carbonyl (C=O) groups is 1. The van der Waals surface area contributed by atoms with E-state index >= 15 is 0 Å². The molecule has 3 aromatic rings. The van der Waals surface area contributed by atoms with Crippen LogP contribution in [-0.2, 0) is 11.2 Å². The molecular formula is C21H23FN4O2S2. The molecule has 6 nitrogen and oxygen atoms in total. The number of likely N-dealkylation sites (N-methyl/N-ethyl adjacent to an activating group) is 1. The first-order chi connectivity index (χ1) is 14.2. The average molecular weight is 447 g/mol. The highest BCUT2D eigenvalue weighted by Crippen LogP contribution is 2.34. The summed E-state index contributed by atoms with van der Waals surface area (Å²) in [6.45, 7) is 5.84. The van der Waals surface area contributed by atoms with Crippen molar-refractivity contribution in [3.63, 3.8) is 0 Å². The quantitative estimate of drug-likeness (QED) is 0.503. The zero-order valence-electron chi connectivity index (χ0n) is 17.2. The molecule has 158 valence electrons. The molecule has 30 heavy (non-hydrogen) atoms. The number of carboxylic acid groups (broad SMARTS) is 1. The number of aryl methyl sites for hydroxylation is 1. The van der Waals surface area contributed by atoms with Gasteiger partial charge in [0.2, 0.25) is 0 Å². The van der Waals surface area contributed by atoms with E-state index in [9.17, 15) is 14.3 Å². The second-order valence-electron chi connectivity index (χ2n) is 7.45. The first-order valence-electron chi connectivity index (χ1n) is 9.34. The minimum absolute atomic E-state index is 0.311. The van der Waals surface area contributed by atoms with E-state index in [4.69, 9.17) is 0 Å². The van der Waals surface area contributed by atoms with Crippen LogP contribution in [0.1, 0.15) is 25.1 Å². The maximum Gasteiger partial charge on any atom is 0.319 e. The van der Waals surface area contributed by atoms with Crippen molar-refractivity contribution in [1.29, 1.82) is 0 Å². The molecule has 0 aliphatic carbocycles. The smallest absolute Gasteiger partial charge is 0.319 e. The Hall–Kier alpha value is -2.52. The lowest BCUT2D eigenvalue weighted by Gasteiger charge is -2.17. The summed E-state index contributed by atoms with van der Waals surface area (Å²) in [6.07, 6.45) is 0.692. The van der Waals surface area contributed by atoms with Crippen LogP contribution in [-0.4, -0.2) is 44.6 Å². The zero-order chi connectivity index (χ0) is 21.9. The standard InChI is InChI=1S/C21H23FN4O2S2/c1-13-5-6-15(16(22)11-13)17-7-8-18(25-24-17)26(4)10-9-14-12-29-20(23-14)30-21(2,3)19(27)28/h5-8,11-12H,9-10H2,1-4H3,(H,27,28). The van der Waals surface area contributed by atoms with Crippen LogP contribution in [0.25, 0.3) is 11.3 Å². The number of benzene rings is 1. The van der Waals surface area contributed by atoms with Gasteiger partial charge in [0.25, 0.3) is 0 Å². The molecule has 1 aromatic carbocycles. The molecular weight excluding hydrogens is 423 g/mol. The molecule has 0 unspecified atom stereocenters. The largest absolute Gasteiger partial charge is 0.480 e. The summed E-state index contributed by atoms with van der Waals surface area (Å²) in [6, 6.07) is 8.62. The first kappa shape index (κ1) is 22.2. The number of thiazole rings is 1. The Kier molecular flexibility index (Phi) is 6.72. The molecule has 0 fully saturated rings. The molecule has 0 radical (unpaired) electrons. The summed E-state index contributed by atoms with van der Waals surface area (Å²) in [5.74, 6) is -0.492. The lowest BCUT2D eigenvalue weighted by molar-refractivity contribution is -0.138. The third-order valence-electron chi connectivity index (χ3n) is 4.53. The number of carboxylic acids is 1. The van der Waals surface area contributed by atoms with Crippen LogP contribution in [0.3, 0.4) is 0 Å². The van der Waals surface area contributed by atoms with E-state index < -0.39 is 10.7 Å². The highest BCUT2D eigenvalue weighted by atomic mass is 32.2. The van der Waals surface area contributed by atoms with Gasteiger partial charge in [0, 0.05) is 31.0 Å². The number of hydrogen-bond donors (Lipinski definition) is 1. The van der Waals surface area contributed by atoms with Crippen LogP contribution in [0.15, 0.2) is 40.1 Å². The normalized spacial score (nSPS) is 11.5. The predicted molar refractivity (Wildman–Crippen MR) is 119 cm³/mol. The fourth-order valence-corrected chi connectivity index (χ4v) is 4.84. The van der Waals surface area contributed by atoms with E-state index in [0.717, 1.165) is 15.6 Å². The molecule has 0 spiro atoms. The second-order valence-corrected chi connectivity index (χ2v) is 10.2. The molecule has 1 N–H and O–H groups in total. The van der Waals surface area contributed by atoms with Gasteiger partial charge in [-0.1, -0.05) is 17.8 Å². The van der Waals surface area contributed by atoms with E-state index in [2.05, 4.69) is 15.2 Å². The summed E-state index contributed by atoms with van der Waals surface area (Å²) in [5.41, 5.74) is 2.68. The van der Waals surface area contributed by atoms with Crippen LogP contribution in [0.5, 0.6) is 0 Å². The van der Waals surface area contributed by atoms with E-state index in [0.29, 0.717) is 30.0 Å². The van der Waals surface area contributed by atoms with Gasteiger partial charge in [-0.05, 0) is 50.6 Å². The number of nitrogens with zero attached hydrogens (tertiary/aromatic N) is 4. The predicted octanol–water partition coefficient (Wildman–Crippen LogP) is 4.68. The van der Waals surface area contributed by atoms with Gasteiger partial charge in [-0.15, -0.1) is 21.5 Å². The maximum atomic E-state index is 14.1. The van der Waals surface area contributed by atoms with Gasteiger partial charge in [0.15, 0.2) is 10.2 Å². The molecule has 0 saturated carbocycles. The molecule has 3 rings (SSSR count). The molecule has 0 amide bonds. The highest BCUT2D eigenvalue weighted by Gasteiger charge is 2.29. The minimum atomic E-state index is -0.916. The Bertz CT molecular complexity index is 1040. The molecule has 0 saturated heterocycles. The number of thioether (sulfide) groups is 1. The molecule has 0 aliphatic rings. The van der Waals surface area contributed by atoms with Crippen LogP contribution in [0.2, 0.25) is 0 Å². The first-order valence-corrected chi connectivity index (χ1v) is 11.0. The van der Waals surface area contributed by atoms with E-state index in [1.807, 2.05) is 36.4 Å². The Labute approximate surface area is 183 Å². The van der Waals surface area contributed by atoms with Crippen molar-refractivity contribution in [3.8, 4) is 11.3 Å². The van der Waals surface area contributed by atoms with Gasteiger partial charge in [-0.25, -0.2) is 9.37 Å². The van der Waals surface area contributed by atoms with Crippen molar-refractivity contribution in [2.45, 2.75) is 36.3 Å². The summed E-state index contributed by atoms with van der Waals surface area (Å²) >= 11 is 2.70. The van der Waals surface area contributed by atoms with Crippen LogP contribution < -0.4 is 4.90 Å². The molecule has 0 bridgehead atoms. The van der Waals surface area contributed by atoms with Gasteiger partial charge in [0.05, 0.1) is 11.4 Å². The number of aromatic nitrogens is 3. The van der Waals surface area contributed by atoms with Gasteiger partial charge < -0.3 is 10.0 Å². The Morgan fingerprint density at radius 1 is 1.27 bits per heavy atom. The number of halogens is 1. The topological polar surface area (TPSA) is 79.2 Å². The lowest BCUT2D eigenvalue weighted by Crippen LogP contribution is -2.26. The fourth-order valence-electron chi connectivity index (χ4n) is 2.61. The second kappa shape index (κ2) is 9.09. The SMILES string of the molecule is Cc1ccc(-c2ccc(N(C)CCc3csc(SC(C)(C)C(=O)O)n3)nn2)c(F)c1. The number of anilines is 1. The van der Waals surface area contributed by atoms with Crippen molar-refractivity contribution in [2.24, 2.45) is 0 Å². The maximum absolute atomic E-state index is 14.1. The molecule has 2 heterocycles. The van der Waals surface area contributed by atoms with Crippen molar-refractivity contribution < 1.29 is 14.3 Å². The van der Waals surface area contributed by atoms with Crippen LogP contribution >= 0.6 is 23.1 Å². The molecule has 0 atom stereocenters. The molecule has 2 aromatic heterocycles. The van der Waals surface area contributed by atoms with E-state index in [-0.39, 0.29) is 5.82 Å². The lowest BCUT2D eigenvalue weighted by atomic mass is 10.1. The molecule has 0 aliphatic heterocycles. The van der Waals surface area contributed by atoms with Gasteiger partial charge >= 0.3 is 5.97 Å².